The summed E-state index contributed by atoms with van der Waals surface area (Å²) in [4.78, 5) is 44.8. The molecule has 0 radical (unpaired) electrons. The monoisotopic (exact) mass is 554 g/mol. The number of amides is 1. The van der Waals surface area contributed by atoms with Gasteiger partial charge in [-0.1, -0.05) is 24.3 Å². The molecule has 11 heteroatoms. The number of anilines is 1. The molecular formula is C28H27FN2O7S. The number of carbonyl (C=O) groups is 3. The van der Waals surface area contributed by atoms with Crippen molar-refractivity contribution in [2.75, 3.05) is 25.2 Å². The third-order valence-corrected chi connectivity index (χ3v) is 7.11. The number of Topliss-reactive ketones (excluding diaryl/α,β-unsaturated/α-hetero) is 1. The molecule has 1 amide bonds. The van der Waals surface area contributed by atoms with Gasteiger partial charge in [-0.05, 0) is 62.2 Å². The summed E-state index contributed by atoms with van der Waals surface area (Å²) in [6.45, 7) is 6.15. The Labute approximate surface area is 228 Å². The van der Waals surface area contributed by atoms with Crippen molar-refractivity contribution < 1.29 is 38.1 Å². The van der Waals surface area contributed by atoms with Crippen molar-refractivity contribution >= 4 is 39.9 Å². The van der Waals surface area contributed by atoms with Gasteiger partial charge in [-0.2, -0.15) is 0 Å². The smallest absolute Gasteiger partial charge is 0.350 e. The number of ether oxygens (including phenoxy) is 3. The molecule has 1 aliphatic heterocycles. The number of aliphatic hydroxyl groups is 1. The number of benzene rings is 2. The standard InChI is InChI=1S/C28H27FN2O7S/c1-5-13-38-19-12-9-17(14-20(19)37-6-2)22-21(23(32)16-7-10-18(29)11-8-16)24(33)26(34)31(22)28-30-15(3)25(39-28)27(35)36-4/h7-12,14,22,32H,5-6,13H2,1-4H3. The fourth-order valence-corrected chi connectivity index (χ4v) is 5.18. The molecule has 2 heterocycles. The highest BCUT2D eigenvalue weighted by Crippen LogP contribution is 2.45. The molecule has 1 aliphatic rings. The van der Waals surface area contributed by atoms with Gasteiger partial charge in [0.05, 0.1) is 37.6 Å². The van der Waals surface area contributed by atoms with Crippen molar-refractivity contribution in [3.8, 4) is 11.5 Å². The summed E-state index contributed by atoms with van der Waals surface area (Å²) in [6.07, 6.45) is 0.775. The minimum Gasteiger partial charge on any atom is -0.507 e. The molecule has 1 unspecified atom stereocenters. The van der Waals surface area contributed by atoms with E-state index >= 15 is 0 Å². The number of ketones is 1. The van der Waals surface area contributed by atoms with Crippen LogP contribution in [0, 0.1) is 12.7 Å². The zero-order valence-corrected chi connectivity index (χ0v) is 22.6. The second-order valence-electron chi connectivity index (χ2n) is 8.57. The molecule has 1 fully saturated rings. The van der Waals surface area contributed by atoms with Crippen LogP contribution in [0.15, 0.2) is 48.0 Å². The van der Waals surface area contributed by atoms with Crippen LogP contribution in [0.3, 0.4) is 0 Å². The van der Waals surface area contributed by atoms with E-state index in [1.165, 1.54) is 19.2 Å². The molecule has 204 valence electrons. The summed E-state index contributed by atoms with van der Waals surface area (Å²) >= 11 is 0.891. The molecular weight excluding hydrogens is 527 g/mol. The number of methoxy groups -OCH3 is 1. The Bertz CT molecular complexity index is 1450. The highest BCUT2D eigenvalue weighted by Gasteiger charge is 2.48. The number of hydrogen-bond donors (Lipinski definition) is 1. The quantitative estimate of drug-likeness (QED) is 0.166. The first kappa shape index (κ1) is 27.8. The van der Waals surface area contributed by atoms with Crippen LogP contribution in [0.25, 0.3) is 5.76 Å². The Hall–Kier alpha value is -4.25. The van der Waals surface area contributed by atoms with Crippen molar-refractivity contribution in [3.63, 3.8) is 0 Å². The van der Waals surface area contributed by atoms with Crippen molar-refractivity contribution in [1.82, 2.24) is 4.98 Å². The predicted octanol–water partition coefficient (Wildman–Crippen LogP) is 5.19. The molecule has 1 N–H and O–H groups in total. The first-order chi connectivity index (χ1) is 18.7. The third kappa shape index (κ3) is 5.35. The maximum atomic E-state index is 13.6. The largest absolute Gasteiger partial charge is 0.507 e. The van der Waals surface area contributed by atoms with E-state index in [0.717, 1.165) is 34.8 Å². The van der Waals surface area contributed by atoms with Gasteiger partial charge >= 0.3 is 11.9 Å². The molecule has 4 rings (SSSR count). The van der Waals surface area contributed by atoms with Crippen LogP contribution in [0.2, 0.25) is 0 Å². The number of aliphatic hydroxyl groups excluding tert-OH is 1. The van der Waals surface area contributed by atoms with Gasteiger partial charge in [-0.15, -0.1) is 0 Å². The molecule has 3 aromatic rings. The van der Waals surface area contributed by atoms with Crippen LogP contribution in [-0.2, 0) is 14.3 Å². The number of esters is 1. The number of hydrogen-bond acceptors (Lipinski definition) is 9. The molecule has 9 nitrogen and oxygen atoms in total. The summed E-state index contributed by atoms with van der Waals surface area (Å²) in [5.41, 5.74) is 0.679. The van der Waals surface area contributed by atoms with Crippen LogP contribution in [-0.4, -0.2) is 48.1 Å². The minimum atomic E-state index is -1.13. The molecule has 0 bridgehead atoms. The molecule has 39 heavy (non-hydrogen) atoms. The normalized spacial score (nSPS) is 16.4. The molecule has 0 saturated carbocycles. The lowest BCUT2D eigenvalue weighted by atomic mass is 9.95. The van der Waals surface area contributed by atoms with Gasteiger partial charge in [0.1, 0.15) is 16.5 Å². The van der Waals surface area contributed by atoms with E-state index in [4.69, 9.17) is 14.2 Å². The average Bonchev–Trinajstić information content (AvgIpc) is 3.44. The first-order valence-electron chi connectivity index (χ1n) is 12.2. The van der Waals surface area contributed by atoms with E-state index in [1.54, 1.807) is 25.1 Å². The zero-order chi connectivity index (χ0) is 28.3. The Morgan fingerprint density at radius 1 is 1.10 bits per heavy atom. The van der Waals surface area contributed by atoms with E-state index < -0.39 is 35.3 Å². The zero-order valence-electron chi connectivity index (χ0n) is 21.8. The molecule has 2 aromatic carbocycles. The van der Waals surface area contributed by atoms with Crippen LogP contribution >= 0.6 is 11.3 Å². The second kappa shape index (κ2) is 11.6. The van der Waals surface area contributed by atoms with E-state index in [1.807, 2.05) is 13.8 Å². The maximum Gasteiger partial charge on any atom is 0.350 e. The van der Waals surface area contributed by atoms with E-state index in [-0.39, 0.29) is 21.1 Å². The van der Waals surface area contributed by atoms with Crippen LogP contribution in [0.5, 0.6) is 11.5 Å². The Morgan fingerprint density at radius 3 is 2.46 bits per heavy atom. The maximum absolute atomic E-state index is 13.6. The topological polar surface area (TPSA) is 115 Å². The number of rotatable bonds is 9. The Morgan fingerprint density at radius 2 is 1.82 bits per heavy atom. The van der Waals surface area contributed by atoms with Gasteiger partial charge in [-0.3, -0.25) is 14.5 Å². The van der Waals surface area contributed by atoms with Crippen molar-refractivity contribution in [3.05, 3.63) is 75.6 Å². The van der Waals surface area contributed by atoms with Gasteiger partial charge in [0.15, 0.2) is 16.6 Å². The fraction of sp³-hybridized carbons (Fsp3) is 0.286. The highest BCUT2D eigenvalue weighted by molar-refractivity contribution is 7.17. The number of nitrogens with zero attached hydrogens (tertiary/aromatic N) is 2. The summed E-state index contributed by atoms with van der Waals surface area (Å²) in [6, 6.07) is 8.73. The number of aryl methyl sites for hydroxylation is 1. The molecule has 0 spiro atoms. The molecule has 0 aliphatic carbocycles. The summed E-state index contributed by atoms with van der Waals surface area (Å²) in [5, 5.41) is 11.3. The van der Waals surface area contributed by atoms with E-state index in [2.05, 4.69) is 4.98 Å². The third-order valence-electron chi connectivity index (χ3n) is 5.97. The number of carbonyl (C=O) groups excluding carboxylic acids is 3. The number of aromatic nitrogens is 1. The lowest BCUT2D eigenvalue weighted by Gasteiger charge is -2.24. The SMILES string of the molecule is CCCOc1ccc(C2C(=C(O)c3ccc(F)cc3)C(=O)C(=O)N2c2nc(C)c(C(=O)OC)s2)cc1OCC. The van der Waals surface area contributed by atoms with E-state index in [9.17, 15) is 23.9 Å². The van der Waals surface area contributed by atoms with Gasteiger partial charge < -0.3 is 19.3 Å². The lowest BCUT2D eigenvalue weighted by Crippen LogP contribution is -2.29. The molecule has 1 saturated heterocycles. The molecule has 1 aromatic heterocycles. The number of thiazole rings is 1. The van der Waals surface area contributed by atoms with E-state index in [0.29, 0.717) is 36.0 Å². The summed E-state index contributed by atoms with van der Waals surface area (Å²) in [7, 11) is 1.23. The van der Waals surface area contributed by atoms with Crippen molar-refractivity contribution in [2.24, 2.45) is 0 Å². The van der Waals surface area contributed by atoms with Crippen LogP contribution < -0.4 is 14.4 Å². The Balaban J connectivity index is 1.94. The summed E-state index contributed by atoms with van der Waals surface area (Å²) < 4.78 is 30.0. The lowest BCUT2D eigenvalue weighted by molar-refractivity contribution is -0.132. The van der Waals surface area contributed by atoms with Gasteiger partial charge in [0, 0.05) is 5.56 Å². The van der Waals surface area contributed by atoms with Gasteiger partial charge in [-0.25, -0.2) is 14.2 Å². The summed E-state index contributed by atoms with van der Waals surface area (Å²) in [5.74, 6) is -2.67. The first-order valence-corrected chi connectivity index (χ1v) is 13.1. The van der Waals surface area contributed by atoms with Crippen molar-refractivity contribution in [2.45, 2.75) is 33.2 Å². The highest BCUT2D eigenvalue weighted by atomic mass is 32.1. The predicted molar refractivity (Wildman–Crippen MR) is 143 cm³/mol. The van der Waals surface area contributed by atoms with Gasteiger partial charge in [0.25, 0.3) is 5.78 Å². The Kier molecular flexibility index (Phi) is 8.29. The molecule has 1 atom stereocenters. The minimum absolute atomic E-state index is 0.0717. The van der Waals surface area contributed by atoms with Gasteiger partial charge in [0.2, 0.25) is 0 Å². The fourth-order valence-electron chi connectivity index (χ4n) is 4.17. The van der Waals surface area contributed by atoms with Crippen LogP contribution in [0.4, 0.5) is 9.52 Å². The van der Waals surface area contributed by atoms with Crippen LogP contribution in [0.1, 0.15) is 52.8 Å². The van der Waals surface area contributed by atoms with Crippen molar-refractivity contribution in [1.29, 1.82) is 0 Å². The number of halogens is 1. The second-order valence-corrected chi connectivity index (χ2v) is 9.54. The average molecular weight is 555 g/mol.